The van der Waals surface area contributed by atoms with E-state index in [0.29, 0.717) is 17.0 Å². The van der Waals surface area contributed by atoms with Gasteiger partial charge in [-0.05, 0) is 24.3 Å². The number of methoxy groups -OCH3 is 1. The van der Waals surface area contributed by atoms with Gasteiger partial charge in [0.2, 0.25) is 0 Å². The van der Waals surface area contributed by atoms with Gasteiger partial charge in [0.05, 0.1) is 24.0 Å². The molecule has 0 saturated carbocycles. The number of sulfonamides is 1. The van der Waals surface area contributed by atoms with Crippen molar-refractivity contribution >= 4 is 38.9 Å². The molecule has 1 aromatic carbocycles. The zero-order valence-corrected chi connectivity index (χ0v) is 12.0. The van der Waals surface area contributed by atoms with Gasteiger partial charge in [0, 0.05) is 12.1 Å². The van der Waals surface area contributed by atoms with Gasteiger partial charge in [0.15, 0.2) is 0 Å². The molecular formula is C9H11ClN2O4S2. The molecule has 0 aliphatic heterocycles. The summed E-state index contributed by atoms with van der Waals surface area (Å²) < 4.78 is 29.2. The van der Waals surface area contributed by atoms with Gasteiger partial charge in [0.1, 0.15) is 0 Å². The SMILES string of the molecule is COC(=O)SNN(C)S(=O)(=O)c1ccc(Cl)cc1. The molecule has 6 nitrogen and oxygen atoms in total. The Morgan fingerprint density at radius 1 is 1.39 bits per heavy atom. The van der Waals surface area contributed by atoms with Crippen LogP contribution in [-0.4, -0.2) is 32.3 Å². The van der Waals surface area contributed by atoms with Crippen molar-refractivity contribution in [2.45, 2.75) is 4.90 Å². The Hall–Kier alpha value is -0.800. The van der Waals surface area contributed by atoms with E-state index < -0.39 is 15.3 Å². The summed E-state index contributed by atoms with van der Waals surface area (Å²) in [6, 6.07) is 5.68. The summed E-state index contributed by atoms with van der Waals surface area (Å²) in [5, 5.41) is -0.207. The predicted molar refractivity (Wildman–Crippen MR) is 69.5 cm³/mol. The second-order valence-electron chi connectivity index (χ2n) is 3.07. The van der Waals surface area contributed by atoms with Crippen LogP contribution < -0.4 is 4.83 Å². The quantitative estimate of drug-likeness (QED) is 0.520. The first-order valence-corrected chi connectivity index (χ1v) is 7.26. The Kier molecular flexibility index (Phi) is 5.42. The zero-order chi connectivity index (χ0) is 13.8. The largest absolute Gasteiger partial charge is 0.460 e. The van der Waals surface area contributed by atoms with Crippen molar-refractivity contribution in [2.75, 3.05) is 14.2 Å². The van der Waals surface area contributed by atoms with Crippen molar-refractivity contribution in [3.63, 3.8) is 0 Å². The maximum atomic E-state index is 12.0. The average molecular weight is 311 g/mol. The highest BCUT2D eigenvalue weighted by molar-refractivity contribution is 8.11. The first-order chi connectivity index (χ1) is 8.37. The Bertz CT molecular complexity index is 518. The fourth-order valence-electron chi connectivity index (χ4n) is 0.957. The fourth-order valence-corrected chi connectivity index (χ4v) is 2.67. The number of nitrogens with one attached hydrogen (secondary N) is 1. The maximum Gasteiger partial charge on any atom is 0.383 e. The van der Waals surface area contributed by atoms with Crippen molar-refractivity contribution in [1.29, 1.82) is 0 Å². The van der Waals surface area contributed by atoms with Crippen LogP contribution in [0.5, 0.6) is 0 Å². The van der Waals surface area contributed by atoms with E-state index in [0.717, 1.165) is 4.41 Å². The van der Waals surface area contributed by atoms with E-state index in [9.17, 15) is 13.2 Å². The summed E-state index contributed by atoms with van der Waals surface area (Å²) >= 11 is 6.19. The topological polar surface area (TPSA) is 75.7 Å². The van der Waals surface area contributed by atoms with Crippen LogP contribution >= 0.6 is 23.5 Å². The highest BCUT2D eigenvalue weighted by atomic mass is 35.5. The predicted octanol–water partition coefficient (Wildman–Crippen LogP) is 1.88. The summed E-state index contributed by atoms with van der Waals surface area (Å²) in [6.45, 7) is 0. The minimum atomic E-state index is -3.72. The molecule has 0 atom stereocenters. The van der Waals surface area contributed by atoms with Gasteiger partial charge in [0.25, 0.3) is 10.0 Å². The lowest BCUT2D eigenvalue weighted by atomic mass is 10.4. The monoisotopic (exact) mass is 310 g/mol. The van der Waals surface area contributed by atoms with Crippen LogP contribution in [0.4, 0.5) is 4.79 Å². The Balaban J connectivity index is 2.80. The van der Waals surface area contributed by atoms with Crippen molar-refractivity contribution in [3.8, 4) is 0 Å². The number of benzene rings is 1. The van der Waals surface area contributed by atoms with Gasteiger partial charge in [-0.15, -0.1) is 4.41 Å². The minimum Gasteiger partial charge on any atom is -0.460 e. The molecule has 0 unspecified atom stereocenters. The van der Waals surface area contributed by atoms with Crippen LogP contribution in [0.3, 0.4) is 0 Å². The van der Waals surface area contributed by atoms with Crippen LogP contribution in [0.1, 0.15) is 0 Å². The van der Waals surface area contributed by atoms with Crippen molar-refractivity contribution in [2.24, 2.45) is 0 Å². The molecule has 0 bridgehead atoms. The van der Waals surface area contributed by atoms with E-state index in [1.165, 1.54) is 38.4 Å². The molecule has 0 radical (unpaired) electrons. The molecule has 18 heavy (non-hydrogen) atoms. The first-order valence-electron chi connectivity index (χ1n) is 4.63. The zero-order valence-electron chi connectivity index (χ0n) is 9.58. The maximum absolute atomic E-state index is 12.0. The Morgan fingerprint density at radius 3 is 2.44 bits per heavy atom. The molecule has 0 amide bonds. The number of hydrogen-bond donors (Lipinski definition) is 1. The molecule has 0 spiro atoms. The smallest absolute Gasteiger partial charge is 0.383 e. The molecule has 9 heteroatoms. The summed E-state index contributed by atoms with van der Waals surface area (Å²) in [4.78, 5) is 13.3. The number of hydrogen-bond acceptors (Lipinski definition) is 6. The van der Waals surface area contributed by atoms with E-state index in [1.807, 2.05) is 0 Å². The lowest BCUT2D eigenvalue weighted by Gasteiger charge is -2.16. The third kappa shape index (κ3) is 3.85. The third-order valence-corrected chi connectivity index (χ3v) is 4.64. The number of halogens is 1. The third-order valence-electron chi connectivity index (χ3n) is 1.90. The Morgan fingerprint density at radius 2 is 1.94 bits per heavy atom. The summed E-state index contributed by atoms with van der Waals surface area (Å²) in [6.07, 6.45) is 0. The van der Waals surface area contributed by atoms with Crippen LogP contribution in [0.25, 0.3) is 0 Å². The second-order valence-corrected chi connectivity index (χ2v) is 6.20. The number of carbonyl (C=O) groups is 1. The normalized spacial score (nSPS) is 11.6. The summed E-state index contributed by atoms with van der Waals surface area (Å²) in [7, 11) is -1.25. The molecule has 1 rings (SSSR count). The Labute approximate surface area is 114 Å². The lowest BCUT2D eigenvalue weighted by molar-refractivity contribution is 0.200. The highest BCUT2D eigenvalue weighted by Gasteiger charge is 2.21. The molecule has 0 fully saturated rings. The fraction of sp³-hybridized carbons (Fsp3) is 0.222. The molecule has 0 aromatic heterocycles. The van der Waals surface area contributed by atoms with Gasteiger partial charge in [-0.25, -0.2) is 13.2 Å². The van der Waals surface area contributed by atoms with Gasteiger partial charge in [-0.2, -0.15) is 4.83 Å². The molecule has 0 heterocycles. The molecule has 100 valence electrons. The minimum absolute atomic E-state index is 0.0624. The first kappa shape index (κ1) is 15.3. The van der Waals surface area contributed by atoms with E-state index in [2.05, 4.69) is 9.57 Å². The molecule has 0 saturated heterocycles. The molecule has 1 N–H and O–H groups in total. The van der Waals surface area contributed by atoms with Crippen molar-refractivity contribution < 1.29 is 17.9 Å². The second kappa shape index (κ2) is 6.39. The van der Waals surface area contributed by atoms with E-state index in [-0.39, 0.29) is 4.90 Å². The van der Waals surface area contributed by atoms with Gasteiger partial charge in [-0.1, -0.05) is 11.6 Å². The van der Waals surface area contributed by atoms with Crippen molar-refractivity contribution in [1.82, 2.24) is 9.25 Å². The average Bonchev–Trinajstić information content (AvgIpc) is 2.35. The number of rotatable bonds is 4. The number of ether oxygens (including phenoxy) is 1. The van der Waals surface area contributed by atoms with Gasteiger partial charge >= 0.3 is 5.30 Å². The van der Waals surface area contributed by atoms with Crippen LogP contribution in [0.2, 0.25) is 5.02 Å². The number of hydrazine groups is 1. The van der Waals surface area contributed by atoms with E-state index in [1.54, 1.807) is 0 Å². The summed E-state index contributed by atoms with van der Waals surface area (Å²) in [5.41, 5.74) is 0. The molecular weight excluding hydrogens is 300 g/mol. The molecule has 1 aromatic rings. The van der Waals surface area contributed by atoms with E-state index in [4.69, 9.17) is 11.6 Å². The van der Waals surface area contributed by atoms with Crippen LogP contribution in [0.15, 0.2) is 29.2 Å². The number of nitrogens with zero attached hydrogens (tertiary/aromatic N) is 1. The lowest BCUT2D eigenvalue weighted by Crippen LogP contribution is -2.36. The number of carbonyl (C=O) groups excluding carboxylic acids is 1. The van der Waals surface area contributed by atoms with E-state index >= 15 is 0 Å². The van der Waals surface area contributed by atoms with Crippen LogP contribution in [0, 0.1) is 0 Å². The standard InChI is InChI=1S/C9H11ClN2O4S2/c1-12(11-17-9(13)16-2)18(14,15)8-5-3-7(10)4-6-8/h3-6,11H,1-2H3. The molecule has 0 aliphatic rings. The highest BCUT2D eigenvalue weighted by Crippen LogP contribution is 2.17. The summed E-state index contributed by atoms with van der Waals surface area (Å²) in [5.74, 6) is 0. The van der Waals surface area contributed by atoms with Crippen molar-refractivity contribution in [3.05, 3.63) is 29.3 Å². The molecule has 0 aliphatic carbocycles. The van der Waals surface area contributed by atoms with Crippen LogP contribution in [-0.2, 0) is 14.8 Å². The van der Waals surface area contributed by atoms with Gasteiger partial charge in [-0.3, -0.25) is 0 Å². The van der Waals surface area contributed by atoms with Gasteiger partial charge < -0.3 is 4.74 Å².